The first-order valence-corrected chi connectivity index (χ1v) is 13.0. The van der Waals surface area contributed by atoms with Gasteiger partial charge in [0.15, 0.2) is 5.17 Å². The highest BCUT2D eigenvalue weighted by Crippen LogP contribution is 2.45. The predicted molar refractivity (Wildman–Crippen MR) is 146 cm³/mol. The molecule has 0 saturated carbocycles. The van der Waals surface area contributed by atoms with E-state index in [-0.39, 0.29) is 24.3 Å². The minimum atomic E-state index is -0.484. The molecule has 2 unspecified atom stereocenters. The summed E-state index contributed by atoms with van der Waals surface area (Å²) in [5.41, 5.74) is 3.32. The smallest absolute Gasteiger partial charge is 0.256 e. The largest absolute Gasteiger partial charge is 0.495 e. The van der Waals surface area contributed by atoms with Crippen LogP contribution in [0.1, 0.15) is 45.2 Å². The number of methoxy groups -OCH3 is 1. The van der Waals surface area contributed by atoms with Crippen LogP contribution in [0, 0.1) is 0 Å². The number of anilines is 1. The maximum absolute atomic E-state index is 13.7. The number of aliphatic imine (C=N–C) groups is 1. The van der Waals surface area contributed by atoms with Crippen LogP contribution >= 0.6 is 23.4 Å². The topological polar surface area (TPSA) is 83.0 Å². The lowest BCUT2D eigenvalue weighted by molar-refractivity contribution is -0.121. The van der Waals surface area contributed by atoms with Gasteiger partial charge in [0.05, 0.1) is 36.5 Å². The molecule has 36 heavy (non-hydrogen) atoms. The van der Waals surface area contributed by atoms with Crippen molar-refractivity contribution >= 4 is 46.0 Å². The maximum Gasteiger partial charge on any atom is 0.256 e. The molecule has 0 bridgehead atoms. The Kier molecular flexibility index (Phi) is 8.06. The number of fused-ring (bicyclic) bond motifs is 1. The van der Waals surface area contributed by atoms with Crippen LogP contribution < -0.4 is 15.4 Å². The van der Waals surface area contributed by atoms with Gasteiger partial charge in [-0.2, -0.15) is 0 Å². The van der Waals surface area contributed by atoms with Crippen molar-refractivity contribution in [2.75, 3.05) is 12.4 Å². The van der Waals surface area contributed by atoms with Crippen LogP contribution in [-0.4, -0.2) is 35.0 Å². The third-order valence-electron chi connectivity index (χ3n) is 6.15. The monoisotopic (exact) mass is 524 g/mol. The lowest BCUT2D eigenvalue weighted by atomic mass is 9.93. The third-order valence-corrected chi connectivity index (χ3v) is 7.29. The Bertz CT molecular complexity index is 1260. The van der Waals surface area contributed by atoms with E-state index in [1.54, 1.807) is 31.4 Å². The van der Waals surface area contributed by atoms with Gasteiger partial charge in [-0.1, -0.05) is 54.6 Å². The molecule has 2 heterocycles. The van der Waals surface area contributed by atoms with Gasteiger partial charge in [0.2, 0.25) is 5.91 Å². The van der Waals surface area contributed by atoms with Gasteiger partial charge in [0.1, 0.15) is 5.75 Å². The molecular weight excluding hydrogens is 496 g/mol. The van der Waals surface area contributed by atoms with Crippen molar-refractivity contribution in [2.45, 2.75) is 45.7 Å². The molecule has 0 radical (unpaired) electrons. The Morgan fingerprint density at radius 3 is 2.61 bits per heavy atom. The summed E-state index contributed by atoms with van der Waals surface area (Å²) in [7, 11) is 1.56. The zero-order chi connectivity index (χ0) is 25.8. The summed E-state index contributed by atoms with van der Waals surface area (Å²) in [6.07, 6.45) is 1.03. The van der Waals surface area contributed by atoms with Crippen LogP contribution in [0.25, 0.3) is 0 Å². The van der Waals surface area contributed by atoms with Crippen LogP contribution in [0.3, 0.4) is 0 Å². The molecular formula is C27H29ClN4O3S. The highest BCUT2D eigenvalue weighted by atomic mass is 35.5. The van der Waals surface area contributed by atoms with Crippen molar-refractivity contribution in [1.82, 2.24) is 10.2 Å². The molecule has 2 aliphatic heterocycles. The number of benzene rings is 2. The summed E-state index contributed by atoms with van der Waals surface area (Å²) >= 11 is 7.63. The highest BCUT2D eigenvalue weighted by molar-refractivity contribution is 8.16. The molecule has 2 atom stereocenters. The standard InChI is InChI=1S/C27H29ClN4O3S/c1-5-16(2)29-23(33)14-20-15-36-27-30-17(3)24(25(32(20)27)18-10-12-19(28)13-11-18)26(34)31-21-8-6-7-9-22(21)35-4/h6-13,15-16,25H,5,14H2,1-4H3,(H,29,33)(H,31,34). The molecule has 2 amide bonds. The number of halogens is 1. The maximum atomic E-state index is 13.7. The average Bonchev–Trinajstić information content (AvgIpc) is 3.25. The fourth-order valence-corrected chi connectivity index (χ4v) is 5.24. The molecule has 9 heteroatoms. The average molecular weight is 525 g/mol. The van der Waals surface area contributed by atoms with Gasteiger partial charge in [-0.05, 0) is 55.5 Å². The van der Waals surface area contributed by atoms with Gasteiger partial charge >= 0.3 is 0 Å². The number of rotatable bonds is 8. The van der Waals surface area contributed by atoms with E-state index in [0.717, 1.165) is 22.8 Å². The fourth-order valence-electron chi connectivity index (χ4n) is 4.15. The molecule has 0 aliphatic carbocycles. The van der Waals surface area contributed by atoms with Crippen LogP contribution in [-0.2, 0) is 9.59 Å². The molecule has 2 N–H and O–H groups in total. The van der Waals surface area contributed by atoms with E-state index in [4.69, 9.17) is 21.3 Å². The number of allylic oxidation sites excluding steroid dienone is 1. The quantitative estimate of drug-likeness (QED) is 0.451. The Balaban J connectivity index is 1.72. The second kappa shape index (κ2) is 11.2. The lowest BCUT2D eigenvalue weighted by Crippen LogP contribution is -2.39. The zero-order valence-corrected chi connectivity index (χ0v) is 22.2. The number of nitrogens with one attached hydrogen (secondary N) is 2. The zero-order valence-electron chi connectivity index (χ0n) is 20.7. The summed E-state index contributed by atoms with van der Waals surface area (Å²) in [6.45, 7) is 5.84. The first kappa shape index (κ1) is 25.9. The Morgan fingerprint density at radius 2 is 1.92 bits per heavy atom. The van der Waals surface area contributed by atoms with E-state index < -0.39 is 6.04 Å². The SMILES string of the molecule is CCC(C)NC(=O)CC1=CSC2=NC(C)=C(C(=O)Nc3ccccc3OC)C(c3ccc(Cl)cc3)N12. The second-order valence-corrected chi connectivity index (χ2v) is 9.93. The van der Waals surface area contributed by atoms with E-state index in [9.17, 15) is 9.59 Å². The molecule has 0 fully saturated rings. The van der Waals surface area contributed by atoms with Gasteiger partial charge in [-0.25, -0.2) is 4.99 Å². The number of hydrogen-bond acceptors (Lipinski definition) is 6. The van der Waals surface area contributed by atoms with Gasteiger partial charge in [-0.3, -0.25) is 9.59 Å². The van der Waals surface area contributed by atoms with Crippen molar-refractivity contribution in [1.29, 1.82) is 0 Å². The Hall–Kier alpha value is -3.23. The van der Waals surface area contributed by atoms with Crippen molar-refractivity contribution in [3.05, 3.63) is 81.5 Å². The lowest BCUT2D eigenvalue weighted by Gasteiger charge is -2.36. The number of nitrogens with zero attached hydrogens (tertiary/aromatic N) is 2. The van der Waals surface area contributed by atoms with Crippen molar-refractivity contribution in [3.8, 4) is 5.75 Å². The Morgan fingerprint density at radius 1 is 1.19 bits per heavy atom. The van der Waals surface area contributed by atoms with Crippen LogP contribution in [0.2, 0.25) is 5.02 Å². The number of para-hydroxylation sites is 2. The summed E-state index contributed by atoms with van der Waals surface area (Å²) < 4.78 is 5.42. The highest BCUT2D eigenvalue weighted by Gasteiger charge is 2.40. The Labute approximate surface area is 220 Å². The molecule has 2 aliphatic rings. The molecule has 7 nitrogen and oxygen atoms in total. The van der Waals surface area contributed by atoms with Crippen LogP contribution in [0.15, 0.2) is 75.9 Å². The summed E-state index contributed by atoms with van der Waals surface area (Å²) in [6, 6.07) is 14.3. The molecule has 2 aromatic carbocycles. The first-order valence-electron chi connectivity index (χ1n) is 11.8. The van der Waals surface area contributed by atoms with Crippen molar-refractivity contribution < 1.29 is 14.3 Å². The van der Waals surface area contributed by atoms with E-state index in [0.29, 0.717) is 27.7 Å². The van der Waals surface area contributed by atoms with Crippen LogP contribution in [0.5, 0.6) is 5.75 Å². The fraction of sp³-hybridized carbons (Fsp3) is 0.296. The van der Waals surface area contributed by atoms with Gasteiger partial charge in [0, 0.05) is 16.8 Å². The van der Waals surface area contributed by atoms with Crippen LogP contribution in [0.4, 0.5) is 5.69 Å². The minimum absolute atomic E-state index is 0.0707. The van der Waals surface area contributed by atoms with Crippen molar-refractivity contribution in [3.63, 3.8) is 0 Å². The number of ether oxygens (including phenoxy) is 1. The summed E-state index contributed by atoms with van der Waals surface area (Å²) in [4.78, 5) is 33.2. The second-order valence-electron chi connectivity index (χ2n) is 8.65. The number of amides is 2. The molecule has 2 aromatic rings. The number of carbonyl (C=O) groups is 2. The van der Waals surface area contributed by atoms with Gasteiger partial charge in [-0.15, -0.1) is 0 Å². The third kappa shape index (κ3) is 5.44. The normalized spacial score (nSPS) is 17.7. The predicted octanol–water partition coefficient (Wildman–Crippen LogP) is 5.87. The molecule has 188 valence electrons. The van der Waals surface area contributed by atoms with E-state index >= 15 is 0 Å². The van der Waals surface area contributed by atoms with E-state index in [2.05, 4.69) is 10.6 Å². The number of hydrogen-bond donors (Lipinski definition) is 2. The van der Waals surface area contributed by atoms with E-state index in [1.165, 1.54) is 11.8 Å². The molecule has 0 spiro atoms. The molecule has 4 rings (SSSR count). The minimum Gasteiger partial charge on any atom is -0.495 e. The number of carbonyl (C=O) groups excluding carboxylic acids is 2. The summed E-state index contributed by atoms with van der Waals surface area (Å²) in [5.74, 6) is 0.199. The van der Waals surface area contributed by atoms with E-state index in [1.807, 2.05) is 55.3 Å². The van der Waals surface area contributed by atoms with Gasteiger partial charge < -0.3 is 20.3 Å². The van der Waals surface area contributed by atoms with Crippen molar-refractivity contribution in [2.24, 2.45) is 4.99 Å². The first-order chi connectivity index (χ1) is 17.3. The van der Waals surface area contributed by atoms with Gasteiger partial charge in [0.25, 0.3) is 5.91 Å². The molecule has 0 aromatic heterocycles. The number of amidine groups is 1. The molecule has 0 saturated heterocycles. The number of thioether (sulfide) groups is 1. The summed E-state index contributed by atoms with van der Waals surface area (Å²) in [5, 5.41) is 9.28.